The van der Waals surface area contributed by atoms with Crippen molar-refractivity contribution >= 4 is 33.6 Å². The number of hydrogen-bond acceptors (Lipinski definition) is 2. The van der Waals surface area contributed by atoms with Crippen molar-refractivity contribution in [2.24, 2.45) is 0 Å². The molecule has 0 amide bonds. The van der Waals surface area contributed by atoms with E-state index in [1.54, 1.807) is 0 Å². The number of halogens is 1. The molecule has 0 heterocycles. The Morgan fingerprint density at radius 1 is 1.04 bits per heavy atom. The third-order valence-corrected chi connectivity index (χ3v) is 2.04. The molecule has 0 aliphatic carbocycles. The van der Waals surface area contributed by atoms with E-state index in [9.17, 15) is 0 Å². The molecular formula is C17H30BrNO2SiZr-4. The molecule has 0 saturated heterocycles. The zero-order valence-electron chi connectivity index (χ0n) is 15.2. The topological polar surface area (TPSA) is 64.3 Å². The van der Waals surface area contributed by atoms with Gasteiger partial charge in [-0.2, -0.15) is 6.07 Å². The van der Waals surface area contributed by atoms with Gasteiger partial charge in [0.1, 0.15) is 0 Å². The molecular weight excluding hydrogens is 449 g/mol. The molecule has 0 spiro atoms. The Hall–Kier alpha value is 0.290. The van der Waals surface area contributed by atoms with Crippen LogP contribution in [0.3, 0.4) is 0 Å². The number of aliphatic hydroxyl groups is 2. The van der Waals surface area contributed by atoms with Gasteiger partial charge in [-0.3, -0.25) is 0 Å². The van der Waals surface area contributed by atoms with E-state index in [4.69, 9.17) is 15.9 Å². The van der Waals surface area contributed by atoms with Crippen LogP contribution in [0.25, 0.3) is 16.5 Å². The second-order valence-corrected chi connectivity index (χ2v) is 5.47. The fraction of sp³-hybridized carbons (Fsp3) is 0.353. The second kappa shape index (κ2) is 22.3. The maximum atomic E-state index is 7.00. The monoisotopic (exact) mass is 477 g/mol. The second-order valence-electron chi connectivity index (χ2n) is 4.55. The van der Waals surface area contributed by atoms with Gasteiger partial charge < -0.3 is 30.8 Å². The van der Waals surface area contributed by atoms with Crippen LogP contribution >= 0.6 is 15.9 Å². The van der Waals surface area contributed by atoms with Crippen LogP contribution in [0, 0.1) is 14.9 Å². The minimum atomic E-state index is -0.250. The Balaban J connectivity index is -0.0000000727. The zero-order valence-corrected chi connectivity index (χ0v) is 20.3. The number of fused-ring (bicyclic) bond motifs is 1. The first-order valence-corrected chi connectivity index (χ1v) is 11.0. The summed E-state index contributed by atoms with van der Waals surface area (Å²) < 4.78 is 1.16. The van der Waals surface area contributed by atoms with Gasteiger partial charge in [0.15, 0.2) is 0 Å². The average Bonchev–Trinajstić information content (AvgIpc) is 2.84. The summed E-state index contributed by atoms with van der Waals surface area (Å²) >= 11 is 4.78. The number of nitrogens with one attached hydrogen (secondary N) is 1. The third kappa shape index (κ3) is 24.7. The summed E-state index contributed by atoms with van der Waals surface area (Å²) in [7, 11) is 2.00. The average molecular weight is 480 g/mol. The van der Waals surface area contributed by atoms with Gasteiger partial charge in [0, 0.05) is 14.2 Å². The maximum absolute atomic E-state index is 7.00. The molecule has 2 aromatic rings. The Morgan fingerprint density at radius 2 is 1.39 bits per heavy atom. The molecule has 3 N–H and O–H groups in total. The van der Waals surface area contributed by atoms with Crippen LogP contribution < -0.4 is 0 Å². The fourth-order valence-electron chi connectivity index (χ4n) is 1.11. The van der Waals surface area contributed by atoms with Gasteiger partial charge in [0.2, 0.25) is 0 Å². The van der Waals surface area contributed by atoms with E-state index in [0.717, 1.165) is 18.7 Å². The zero-order chi connectivity index (χ0) is 17.5. The Labute approximate surface area is 168 Å². The summed E-state index contributed by atoms with van der Waals surface area (Å²) in [5.41, 5.74) is 6.69. The van der Waals surface area contributed by atoms with Crippen LogP contribution in [0.2, 0.25) is 0 Å². The number of rotatable bonds is 0. The Morgan fingerprint density at radius 3 is 1.74 bits per heavy atom. The summed E-state index contributed by atoms with van der Waals surface area (Å²) in [4.78, 5) is 0. The summed E-state index contributed by atoms with van der Waals surface area (Å²) in [5.74, 6) is 0. The Bertz CT molecular complexity index is 420. The van der Waals surface area contributed by atoms with Crippen LogP contribution in [-0.4, -0.2) is 36.9 Å². The van der Waals surface area contributed by atoms with Crippen molar-refractivity contribution < 1.29 is 33.5 Å². The van der Waals surface area contributed by atoms with Gasteiger partial charge in [-0.15, -0.1) is 40.6 Å². The number of aliphatic hydroxyl groups excluding tert-OH is 2. The van der Waals surface area contributed by atoms with Gasteiger partial charge >= 0.3 is 30.2 Å². The summed E-state index contributed by atoms with van der Waals surface area (Å²) in [6.07, 6.45) is 0. The quantitative estimate of drug-likeness (QED) is 0.417. The molecule has 2 radical (unpaired) electrons. The number of benzene rings is 1. The van der Waals surface area contributed by atoms with Crippen molar-refractivity contribution in [3.63, 3.8) is 0 Å². The molecule has 23 heavy (non-hydrogen) atoms. The van der Waals surface area contributed by atoms with E-state index >= 15 is 0 Å². The SMILES string of the molecule is Brc1cc2ccccc2[cH-]1.CC(C)(C)[NH-].CO.CO.[CH3-].[CH3-].[Si]=[Zr]. The van der Waals surface area contributed by atoms with Crippen molar-refractivity contribution in [2.75, 3.05) is 14.2 Å². The molecule has 0 bridgehead atoms. The molecule has 0 fully saturated rings. The first-order chi connectivity index (χ1) is 9.86. The van der Waals surface area contributed by atoms with E-state index in [-0.39, 0.29) is 20.4 Å². The summed E-state index contributed by atoms with van der Waals surface area (Å²) in [5, 5.41) is 16.6. The number of hydrogen-bond donors (Lipinski definition) is 2. The molecule has 3 nitrogen and oxygen atoms in total. The molecule has 0 aromatic heterocycles. The van der Waals surface area contributed by atoms with E-state index < -0.39 is 0 Å². The van der Waals surface area contributed by atoms with E-state index in [2.05, 4.69) is 59.2 Å². The summed E-state index contributed by atoms with van der Waals surface area (Å²) in [6, 6.07) is 12.6. The first-order valence-electron chi connectivity index (χ1n) is 6.07. The molecule has 0 aliphatic rings. The van der Waals surface area contributed by atoms with Crippen molar-refractivity contribution in [3.05, 3.63) is 61.5 Å². The van der Waals surface area contributed by atoms with Crippen LogP contribution in [0.15, 0.2) is 40.9 Å². The minimum absolute atomic E-state index is 0. The van der Waals surface area contributed by atoms with Crippen molar-refractivity contribution in [1.82, 2.24) is 0 Å². The molecule has 0 unspecified atom stereocenters. The fourth-order valence-corrected chi connectivity index (χ4v) is 1.61. The molecule has 134 valence electrons. The standard InChI is InChI=1S/C9H6Br.C4H10N.2CH4O.2CH3.Si.Zr/c10-9-5-7-3-1-2-4-8(7)6-9;1-4(2,3)5;2*1-2;;;;/h1-6H;5H,1-3H3;2*2H,1H3;2*1H3;;/q2*-1;;;2*-1;;. The van der Waals surface area contributed by atoms with Gasteiger partial charge in [-0.1, -0.05) is 47.2 Å². The molecule has 0 atom stereocenters. The van der Waals surface area contributed by atoms with Crippen molar-refractivity contribution in [1.29, 1.82) is 0 Å². The van der Waals surface area contributed by atoms with Gasteiger partial charge in [0.05, 0.1) is 0 Å². The summed E-state index contributed by atoms with van der Waals surface area (Å²) in [6.45, 7) is 8.62. The van der Waals surface area contributed by atoms with Gasteiger partial charge in [-0.05, 0) is 0 Å². The molecule has 0 aliphatic heterocycles. The normalized spacial score (nSPS) is 7.83. The van der Waals surface area contributed by atoms with Gasteiger partial charge in [0.25, 0.3) is 0 Å². The first kappa shape index (κ1) is 34.6. The van der Waals surface area contributed by atoms with Crippen molar-refractivity contribution in [3.8, 4) is 0 Å². The Kier molecular flexibility index (Phi) is 33.5. The van der Waals surface area contributed by atoms with Gasteiger partial charge in [-0.25, -0.2) is 0 Å². The van der Waals surface area contributed by atoms with E-state index in [0.29, 0.717) is 0 Å². The van der Waals surface area contributed by atoms with E-state index in [1.165, 1.54) is 34.1 Å². The van der Waals surface area contributed by atoms with Crippen LogP contribution in [0.4, 0.5) is 0 Å². The van der Waals surface area contributed by atoms with Crippen LogP contribution in [-0.2, 0) is 23.3 Å². The predicted molar refractivity (Wildman–Crippen MR) is 106 cm³/mol. The molecule has 2 aromatic carbocycles. The van der Waals surface area contributed by atoms with Crippen molar-refractivity contribution in [2.45, 2.75) is 26.3 Å². The van der Waals surface area contributed by atoms with E-state index in [1.807, 2.05) is 20.8 Å². The third-order valence-electron chi connectivity index (χ3n) is 1.58. The van der Waals surface area contributed by atoms with Crippen LogP contribution in [0.5, 0.6) is 0 Å². The molecule has 2 rings (SSSR count). The molecule has 6 heteroatoms. The van der Waals surface area contributed by atoms with Crippen LogP contribution in [0.1, 0.15) is 20.8 Å². The molecule has 0 saturated carbocycles. The predicted octanol–water partition coefficient (Wildman–Crippen LogP) is 4.89.